The van der Waals surface area contributed by atoms with Crippen molar-refractivity contribution in [3.63, 3.8) is 0 Å². The van der Waals surface area contributed by atoms with Crippen LogP contribution in [-0.4, -0.2) is 96.7 Å². The van der Waals surface area contributed by atoms with Crippen LogP contribution < -0.4 is 0 Å². The van der Waals surface area contributed by atoms with Crippen LogP contribution in [0.1, 0.15) is 413 Å². The van der Waals surface area contributed by atoms with Crippen molar-refractivity contribution in [1.82, 2.24) is 0 Å². The maximum atomic E-state index is 13.1. The van der Waals surface area contributed by atoms with E-state index < -0.39 is 97.5 Å². The average molecular weight is 1480 g/mol. The molecule has 0 radical (unpaired) electrons. The maximum absolute atomic E-state index is 13.1. The van der Waals surface area contributed by atoms with Gasteiger partial charge in [-0.05, 0) is 57.3 Å². The van der Waals surface area contributed by atoms with Gasteiger partial charge in [-0.1, -0.05) is 361 Å². The SMILES string of the molecule is CCCCCC/C=C\C=C/CCCCCCCC(=O)O[C@H](COC(=O)CCCCCCCCC)COP(=O)(O)OC[C@H](O)COP(=O)(O)OC[C@@H](COC(=O)CCCCCCCCCCCCCCCCCCCC)OC(=O)CCCCCCCCCCCCCCCCCCCCC(C)C. The van der Waals surface area contributed by atoms with Crippen molar-refractivity contribution in [2.45, 2.75) is 432 Å². The largest absolute Gasteiger partial charge is 0.472 e. The van der Waals surface area contributed by atoms with Gasteiger partial charge in [0.05, 0.1) is 26.4 Å². The van der Waals surface area contributed by atoms with Crippen molar-refractivity contribution in [3.05, 3.63) is 24.3 Å². The highest BCUT2D eigenvalue weighted by molar-refractivity contribution is 7.47. The summed E-state index contributed by atoms with van der Waals surface area (Å²) in [5, 5.41) is 10.6. The summed E-state index contributed by atoms with van der Waals surface area (Å²) in [6.07, 6.45) is 69.0. The molecule has 0 rings (SSSR count). The molecular weight excluding hydrogens is 1320 g/mol. The van der Waals surface area contributed by atoms with Gasteiger partial charge in [0.1, 0.15) is 19.3 Å². The molecule has 596 valence electrons. The highest BCUT2D eigenvalue weighted by Gasteiger charge is 2.30. The smallest absolute Gasteiger partial charge is 0.462 e. The number of unbranched alkanes of at least 4 members (excludes halogenated alkanes) is 49. The second-order valence-electron chi connectivity index (χ2n) is 29.3. The van der Waals surface area contributed by atoms with Crippen molar-refractivity contribution < 1.29 is 80.2 Å². The number of aliphatic hydroxyl groups excluding tert-OH is 1. The van der Waals surface area contributed by atoms with Gasteiger partial charge in [-0.2, -0.15) is 0 Å². The van der Waals surface area contributed by atoms with Crippen molar-refractivity contribution in [3.8, 4) is 0 Å². The van der Waals surface area contributed by atoms with E-state index in [4.69, 9.17) is 37.0 Å². The van der Waals surface area contributed by atoms with Crippen LogP contribution >= 0.6 is 15.6 Å². The van der Waals surface area contributed by atoms with Crippen LogP contribution in [0.5, 0.6) is 0 Å². The number of hydrogen-bond donors (Lipinski definition) is 3. The number of ether oxygens (including phenoxy) is 4. The number of esters is 4. The molecule has 0 bridgehead atoms. The lowest BCUT2D eigenvalue weighted by Gasteiger charge is -2.21. The predicted molar refractivity (Wildman–Crippen MR) is 414 cm³/mol. The quantitative estimate of drug-likeness (QED) is 0.0169. The summed E-state index contributed by atoms with van der Waals surface area (Å²) in [6, 6.07) is 0. The first-order valence-corrected chi connectivity index (χ1v) is 44.9. The molecule has 0 aliphatic heterocycles. The molecule has 0 heterocycles. The molecule has 0 aromatic carbocycles. The summed E-state index contributed by atoms with van der Waals surface area (Å²) >= 11 is 0. The zero-order valence-electron chi connectivity index (χ0n) is 65.5. The van der Waals surface area contributed by atoms with E-state index in [1.165, 1.54) is 212 Å². The van der Waals surface area contributed by atoms with E-state index in [-0.39, 0.29) is 25.7 Å². The van der Waals surface area contributed by atoms with E-state index in [2.05, 4.69) is 58.9 Å². The molecule has 0 aliphatic carbocycles. The lowest BCUT2D eigenvalue weighted by atomic mass is 10.0. The summed E-state index contributed by atoms with van der Waals surface area (Å²) in [7, 11) is -9.93. The standard InChI is InChI=1S/C82H156O17P2/c1-6-9-12-15-18-20-22-24-26-27-31-35-38-42-46-51-56-61-66-80(85)93-72-78(99-82(87)68-63-58-53-48-44-40-36-32-29-28-30-34-37-41-45-50-54-59-64-75(4)5)74-97-101(90,91)95-70-76(83)69-94-100(88,89)96-73-77(71-92-79(84)65-60-55-49-17-14-11-8-3)98-81(86)67-62-57-52-47-43-39-33-25-23-21-19-16-13-10-7-2/h21,23,25,33,75-78,83H,6-20,22,24,26-32,34-74H2,1-5H3,(H,88,89)(H,90,91)/b23-21-,33-25-/t76-,77+,78+/m0/s1. The van der Waals surface area contributed by atoms with E-state index in [1.807, 2.05) is 0 Å². The summed E-state index contributed by atoms with van der Waals surface area (Å²) in [5.74, 6) is -1.32. The molecule has 0 aromatic rings. The van der Waals surface area contributed by atoms with E-state index in [0.29, 0.717) is 25.7 Å². The fraction of sp³-hybridized carbons (Fsp3) is 0.902. The Morgan fingerprint density at radius 2 is 0.535 bits per heavy atom. The number of phosphoric ester groups is 2. The van der Waals surface area contributed by atoms with Crippen molar-refractivity contribution in [2.75, 3.05) is 39.6 Å². The number of carbonyl (C=O) groups excluding carboxylic acids is 4. The van der Waals surface area contributed by atoms with Gasteiger partial charge in [0.15, 0.2) is 12.2 Å². The summed E-state index contributed by atoms with van der Waals surface area (Å²) in [4.78, 5) is 72.9. The van der Waals surface area contributed by atoms with Crippen LogP contribution in [0.3, 0.4) is 0 Å². The van der Waals surface area contributed by atoms with Gasteiger partial charge in [-0.25, -0.2) is 9.13 Å². The first kappa shape index (κ1) is 98.5. The van der Waals surface area contributed by atoms with Gasteiger partial charge in [0.2, 0.25) is 0 Å². The number of carbonyl (C=O) groups is 4. The maximum Gasteiger partial charge on any atom is 0.472 e. The van der Waals surface area contributed by atoms with Crippen molar-refractivity contribution in [1.29, 1.82) is 0 Å². The van der Waals surface area contributed by atoms with Crippen molar-refractivity contribution >= 4 is 39.5 Å². The summed E-state index contributed by atoms with van der Waals surface area (Å²) in [5.41, 5.74) is 0. The molecule has 0 fully saturated rings. The van der Waals surface area contributed by atoms with E-state index in [1.54, 1.807) is 0 Å². The predicted octanol–water partition coefficient (Wildman–Crippen LogP) is 24.4. The molecular formula is C82H156O17P2. The second-order valence-corrected chi connectivity index (χ2v) is 32.2. The number of aliphatic hydroxyl groups is 1. The Kier molecular flexibility index (Phi) is 72.6. The topological polar surface area (TPSA) is 237 Å². The lowest BCUT2D eigenvalue weighted by molar-refractivity contribution is -0.161. The molecule has 0 amide bonds. The Hall–Kier alpha value is -2.46. The summed E-state index contributed by atoms with van der Waals surface area (Å²) in [6.45, 7) is 7.26. The van der Waals surface area contributed by atoms with Gasteiger partial charge >= 0.3 is 39.5 Å². The third-order valence-corrected chi connectivity index (χ3v) is 20.6. The Bertz CT molecular complexity index is 2020. The van der Waals surface area contributed by atoms with Gasteiger partial charge in [0, 0.05) is 25.7 Å². The fourth-order valence-electron chi connectivity index (χ4n) is 12.2. The first-order chi connectivity index (χ1) is 49.0. The fourth-order valence-corrected chi connectivity index (χ4v) is 13.8. The Morgan fingerprint density at radius 3 is 0.812 bits per heavy atom. The molecule has 0 aliphatic rings. The van der Waals surface area contributed by atoms with Crippen LogP contribution in [0.4, 0.5) is 0 Å². The van der Waals surface area contributed by atoms with Gasteiger partial charge in [-0.15, -0.1) is 0 Å². The molecule has 101 heavy (non-hydrogen) atoms. The van der Waals surface area contributed by atoms with Gasteiger partial charge in [-0.3, -0.25) is 37.3 Å². The van der Waals surface area contributed by atoms with Crippen LogP contribution in [0.15, 0.2) is 24.3 Å². The molecule has 0 spiro atoms. The van der Waals surface area contributed by atoms with Gasteiger partial charge in [0.25, 0.3) is 0 Å². The van der Waals surface area contributed by atoms with Gasteiger partial charge < -0.3 is 33.8 Å². The van der Waals surface area contributed by atoms with Crippen LogP contribution in [0, 0.1) is 5.92 Å². The summed E-state index contributed by atoms with van der Waals surface area (Å²) < 4.78 is 68.6. The molecule has 17 nitrogen and oxygen atoms in total. The minimum absolute atomic E-state index is 0.0851. The zero-order chi connectivity index (χ0) is 74.1. The molecule has 3 N–H and O–H groups in total. The van der Waals surface area contributed by atoms with Crippen LogP contribution in [0.2, 0.25) is 0 Å². The van der Waals surface area contributed by atoms with Crippen molar-refractivity contribution in [2.24, 2.45) is 5.92 Å². The molecule has 0 saturated heterocycles. The lowest BCUT2D eigenvalue weighted by Crippen LogP contribution is -2.30. The molecule has 5 atom stereocenters. The third-order valence-electron chi connectivity index (χ3n) is 18.7. The van der Waals surface area contributed by atoms with E-state index in [9.17, 15) is 43.2 Å². The minimum Gasteiger partial charge on any atom is -0.462 e. The van der Waals surface area contributed by atoms with E-state index >= 15 is 0 Å². The molecule has 2 unspecified atom stereocenters. The Balaban J connectivity index is 5.20. The average Bonchev–Trinajstić information content (AvgIpc) is 0.945. The monoisotopic (exact) mass is 1480 g/mol. The molecule has 0 aromatic heterocycles. The van der Waals surface area contributed by atoms with Crippen LogP contribution in [0.25, 0.3) is 0 Å². The molecule has 19 heteroatoms. The van der Waals surface area contributed by atoms with E-state index in [0.717, 1.165) is 121 Å². The number of rotatable bonds is 80. The number of phosphoric acid groups is 2. The highest BCUT2D eigenvalue weighted by Crippen LogP contribution is 2.45. The zero-order valence-corrected chi connectivity index (χ0v) is 67.3. The third kappa shape index (κ3) is 75.6. The van der Waals surface area contributed by atoms with Crippen LogP contribution in [-0.2, 0) is 65.4 Å². The number of allylic oxidation sites excluding steroid dienone is 4. The second kappa shape index (κ2) is 74.4. The Morgan fingerprint density at radius 1 is 0.307 bits per heavy atom. The first-order valence-electron chi connectivity index (χ1n) is 42.0. The highest BCUT2D eigenvalue weighted by atomic mass is 31.2. The number of hydrogen-bond acceptors (Lipinski definition) is 15. The Labute approximate surface area is 618 Å². The normalized spacial score (nSPS) is 14.0. The molecule has 0 saturated carbocycles. The minimum atomic E-state index is -4.97.